The van der Waals surface area contributed by atoms with E-state index in [-0.39, 0.29) is 62.0 Å². The molecule has 0 saturated heterocycles. The predicted molar refractivity (Wildman–Crippen MR) is 5.55 cm³/mol. The van der Waals surface area contributed by atoms with Crippen molar-refractivity contribution >= 4 is 0 Å². The summed E-state index contributed by atoms with van der Waals surface area (Å²) in [6, 6.07) is 0. The summed E-state index contributed by atoms with van der Waals surface area (Å²) >= 11 is 0. The van der Waals surface area contributed by atoms with E-state index in [1.165, 1.54) is 0 Å². The molecule has 0 spiro atoms. The topological polar surface area (TPSA) is 61.5 Å². The zero-order chi connectivity index (χ0) is 0. The minimum Gasteiger partial charge on any atom is -1.00 e. The molecule has 0 saturated carbocycles. The number of hydrogen-bond donors (Lipinski definition) is 0. The summed E-state index contributed by atoms with van der Waals surface area (Å²) in [4.78, 5) is 0. The maximum Gasteiger partial charge on any atom is 0 e. The van der Waals surface area contributed by atoms with Crippen LogP contribution in [0.3, 0.4) is 0 Å². The van der Waals surface area contributed by atoms with Crippen molar-refractivity contribution in [2.24, 2.45) is 0 Å². The molecule has 0 aromatic rings. The molecule has 0 aliphatic carbocycles. The third-order valence-electron chi connectivity index (χ3n) is 0. The molecule has 0 radical (unpaired) electrons. The summed E-state index contributed by atoms with van der Waals surface area (Å²) in [5.74, 6) is 0. The minimum atomic E-state index is 0. The van der Waals surface area contributed by atoms with E-state index in [9.17, 15) is 0 Å². The Morgan fingerprint density at radius 1 is 0.800 bits per heavy atom. The van der Waals surface area contributed by atoms with Gasteiger partial charge in [-0.3, -0.25) is 0 Å². The molecule has 36 valence electrons. The van der Waals surface area contributed by atoms with Crippen LogP contribution < -0.4 is 24.8 Å². The first-order valence-electron chi connectivity index (χ1n) is 0. The van der Waals surface area contributed by atoms with Crippen molar-refractivity contribution in [3.8, 4) is 0 Å². The molecule has 0 unspecified atom stereocenters. The SMILES string of the molecule is O.[Cl-].[Cl-].[OH-].[Zr]. The van der Waals surface area contributed by atoms with Gasteiger partial charge in [0, 0.05) is 26.2 Å². The van der Waals surface area contributed by atoms with Gasteiger partial charge in [-0.15, -0.1) is 0 Å². The molecule has 3 N–H and O–H groups in total. The fourth-order valence-corrected chi connectivity index (χ4v) is 0. The zero-order valence-electron chi connectivity index (χ0n) is 2.20. The van der Waals surface area contributed by atoms with Gasteiger partial charge in [-0.25, -0.2) is 0 Å². The second-order valence-corrected chi connectivity index (χ2v) is 0. The van der Waals surface area contributed by atoms with Crippen molar-refractivity contribution in [1.29, 1.82) is 0 Å². The zero-order valence-corrected chi connectivity index (χ0v) is 6.17. The Bertz CT molecular complexity index is 7.61. The summed E-state index contributed by atoms with van der Waals surface area (Å²) in [5.41, 5.74) is 0. The van der Waals surface area contributed by atoms with Gasteiger partial charge in [-0.1, -0.05) is 0 Å². The van der Waals surface area contributed by atoms with Crippen LogP contribution in [0.2, 0.25) is 0 Å². The second-order valence-electron chi connectivity index (χ2n) is 0. The average molecular weight is 197 g/mol. The van der Waals surface area contributed by atoms with Crippen LogP contribution in [0.15, 0.2) is 0 Å². The van der Waals surface area contributed by atoms with E-state index in [0.717, 1.165) is 0 Å². The van der Waals surface area contributed by atoms with Crippen molar-refractivity contribution in [1.82, 2.24) is 0 Å². The van der Waals surface area contributed by atoms with Crippen LogP contribution in [-0.4, -0.2) is 11.0 Å². The van der Waals surface area contributed by atoms with Crippen LogP contribution in [0.25, 0.3) is 0 Å². The maximum absolute atomic E-state index is 0. The van der Waals surface area contributed by atoms with Gasteiger partial charge in [0.05, 0.1) is 0 Å². The quantitative estimate of drug-likeness (QED) is 0.380. The molecular formula is H3Cl2O2Zr-3. The van der Waals surface area contributed by atoms with Gasteiger partial charge in [0.2, 0.25) is 0 Å². The van der Waals surface area contributed by atoms with Crippen molar-refractivity contribution in [2.45, 2.75) is 0 Å². The summed E-state index contributed by atoms with van der Waals surface area (Å²) in [6.45, 7) is 0. The second kappa shape index (κ2) is 54.1. The van der Waals surface area contributed by atoms with Gasteiger partial charge in [-0.2, -0.15) is 0 Å². The van der Waals surface area contributed by atoms with Gasteiger partial charge in [0.1, 0.15) is 0 Å². The molecule has 5 heteroatoms. The predicted octanol–water partition coefficient (Wildman–Crippen LogP) is -7.00. The summed E-state index contributed by atoms with van der Waals surface area (Å²) in [5, 5.41) is 0. The fraction of sp³-hybridized carbons (Fsp3) is 0. The minimum absolute atomic E-state index is 0. The van der Waals surface area contributed by atoms with Crippen molar-refractivity contribution < 1.29 is 62.0 Å². The molecule has 0 heterocycles. The number of hydrogen-bond acceptors (Lipinski definition) is 1. The van der Waals surface area contributed by atoms with Crippen LogP contribution in [0, 0.1) is 0 Å². The summed E-state index contributed by atoms with van der Waals surface area (Å²) < 4.78 is 0. The largest absolute Gasteiger partial charge is 1.00 e. The smallest absolute Gasteiger partial charge is 0 e. The molecule has 0 aliphatic rings. The van der Waals surface area contributed by atoms with Crippen LogP contribution in [-0.2, 0) is 26.2 Å². The molecule has 0 aliphatic heterocycles. The van der Waals surface area contributed by atoms with Gasteiger partial charge in [-0.05, 0) is 0 Å². The number of rotatable bonds is 0. The Balaban J connectivity index is 0. The fourth-order valence-electron chi connectivity index (χ4n) is 0. The van der Waals surface area contributed by atoms with E-state index < -0.39 is 0 Å². The normalized spacial score (nSPS) is 0. The first kappa shape index (κ1) is 96.7. The van der Waals surface area contributed by atoms with Crippen LogP contribution in [0.5, 0.6) is 0 Å². The van der Waals surface area contributed by atoms with Crippen LogP contribution in [0.1, 0.15) is 0 Å². The third-order valence-corrected chi connectivity index (χ3v) is 0. The molecule has 2 nitrogen and oxygen atoms in total. The molecule has 0 atom stereocenters. The van der Waals surface area contributed by atoms with E-state index in [4.69, 9.17) is 0 Å². The van der Waals surface area contributed by atoms with E-state index in [1.54, 1.807) is 0 Å². The van der Waals surface area contributed by atoms with E-state index in [0.29, 0.717) is 0 Å². The first-order chi connectivity index (χ1) is 0. The molecule has 0 rings (SSSR count). The summed E-state index contributed by atoms with van der Waals surface area (Å²) in [6.07, 6.45) is 0. The van der Waals surface area contributed by atoms with E-state index in [2.05, 4.69) is 0 Å². The van der Waals surface area contributed by atoms with Crippen molar-refractivity contribution in [3.63, 3.8) is 0 Å². The monoisotopic (exact) mass is 195 g/mol. The Hall–Kier alpha value is 1.38. The first-order valence-corrected chi connectivity index (χ1v) is 0. The molecular weight excluding hydrogens is 194 g/mol. The Labute approximate surface area is 61.9 Å². The van der Waals surface area contributed by atoms with Crippen LogP contribution >= 0.6 is 0 Å². The van der Waals surface area contributed by atoms with Gasteiger partial charge in [0.25, 0.3) is 0 Å². The Kier molecular flexibility index (Phi) is 1050. The third kappa shape index (κ3) is 32.2. The maximum atomic E-state index is 0. The summed E-state index contributed by atoms with van der Waals surface area (Å²) in [7, 11) is 0. The van der Waals surface area contributed by atoms with E-state index in [1.807, 2.05) is 0 Å². The molecule has 0 aromatic heterocycles. The Morgan fingerprint density at radius 3 is 0.800 bits per heavy atom. The van der Waals surface area contributed by atoms with Gasteiger partial charge < -0.3 is 35.8 Å². The van der Waals surface area contributed by atoms with Crippen molar-refractivity contribution in [3.05, 3.63) is 0 Å². The van der Waals surface area contributed by atoms with Crippen molar-refractivity contribution in [2.75, 3.05) is 0 Å². The number of halogens is 2. The molecule has 0 aromatic carbocycles. The van der Waals surface area contributed by atoms with Crippen LogP contribution in [0.4, 0.5) is 0 Å². The molecule has 0 fully saturated rings. The standard InChI is InChI=1S/2ClH.2H2O.Zr/h2*1H;2*1H2;/p-3. The van der Waals surface area contributed by atoms with E-state index >= 15 is 0 Å². The molecule has 0 bridgehead atoms. The van der Waals surface area contributed by atoms with Gasteiger partial charge >= 0.3 is 0 Å². The average Bonchev–Trinajstić information content (AvgIpc) is 0. The van der Waals surface area contributed by atoms with Gasteiger partial charge in [0.15, 0.2) is 0 Å². The molecule has 0 amide bonds. The molecule has 5 heavy (non-hydrogen) atoms. The Morgan fingerprint density at radius 2 is 0.800 bits per heavy atom.